The van der Waals surface area contributed by atoms with Gasteiger partial charge in [-0.05, 0) is 28.8 Å². The highest BCUT2D eigenvalue weighted by molar-refractivity contribution is 9.10. The summed E-state index contributed by atoms with van der Waals surface area (Å²) in [5, 5.41) is 0. The van der Waals surface area contributed by atoms with Gasteiger partial charge in [-0.1, -0.05) is 82.7 Å². The quantitative estimate of drug-likeness (QED) is 0.393. The van der Waals surface area contributed by atoms with Gasteiger partial charge in [-0.2, -0.15) is 0 Å². The van der Waals surface area contributed by atoms with Crippen molar-refractivity contribution in [3.63, 3.8) is 0 Å². The van der Waals surface area contributed by atoms with Crippen LogP contribution in [0.2, 0.25) is 0 Å². The van der Waals surface area contributed by atoms with E-state index in [1.165, 1.54) is 22.3 Å². The Labute approximate surface area is 154 Å². The van der Waals surface area contributed by atoms with Gasteiger partial charge >= 0.3 is 0 Å². The Morgan fingerprint density at radius 1 is 0.760 bits per heavy atom. The van der Waals surface area contributed by atoms with Crippen LogP contribution in [0.3, 0.4) is 0 Å². The molecule has 0 fully saturated rings. The van der Waals surface area contributed by atoms with Gasteiger partial charge in [0, 0.05) is 22.4 Å². The molecule has 1 aromatic heterocycles. The topological polar surface area (TPSA) is 17.8 Å². The summed E-state index contributed by atoms with van der Waals surface area (Å²) in [6.07, 6.45) is 3.98. The zero-order valence-electron chi connectivity index (χ0n) is 13.4. The Bertz CT molecular complexity index is 1050. The largest absolute Gasteiger partial charge is 0.312 e. The summed E-state index contributed by atoms with van der Waals surface area (Å²) >= 11 is 3.56. The van der Waals surface area contributed by atoms with Gasteiger partial charge in [0.2, 0.25) is 0 Å². The maximum Gasteiger partial charge on any atom is 0.141 e. The fraction of sp³-hybridized carbons (Fsp3) is 0.0455. The number of imidazole rings is 1. The van der Waals surface area contributed by atoms with Crippen molar-refractivity contribution in [3.8, 4) is 11.4 Å². The van der Waals surface area contributed by atoms with E-state index in [4.69, 9.17) is 0 Å². The molecule has 0 saturated carbocycles. The molecule has 0 bridgehead atoms. The van der Waals surface area contributed by atoms with Crippen LogP contribution in [-0.2, 0) is 5.54 Å². The summed E-state index contributed by atoms with van der Waals surface area (Å²) in [4.78, 5) is 4.66. The molecule has 0 aliphatic carbocycles. The second-order valence-corrected chi connectivity index (χ2v) is 7.17. The number of aromatic nitrogens is 2. The van der Waals surface area contributed by atoms with Gasteiger partial charge in [-0.25, -0.2) is 4.98 Å². The Morgan fingerprint density at radius 2 is 1.44 bits per heavy atom. The third kappa shape index (κ3) is 1.93. The van der Waals surface area contributed by atoms with Gasteiger partial charge in [-0.15, -0.1) is 0 Å². The van der Waals surface area contributed by atoms with Crippen LogP contribution in [0.15, 0.2) is 95.7 Å². The first-order valence-electron chi connectivity index (χ1n) is 8.27. The van der Waals surface area contributed by atoms with Crippen LogP contribution in [0, 0.1) is 0 Å². The highest BCUT2D eigenvalue weighted by atomic mass is 79.9. The normalized spacial score (nSPS) is 18.0. The first-order chi connectivity index (χ1) is 12.3. The highest BCUT2D eigenvalue weighted by Gasteiger charge is 2.46. The predicted molar refractivity (Wildman–Crippen MR) is 104 cm³/mol. The molecule has 25 heavy (non-hydrogen) atoms. The lowest BCUT2D eigenvalue weighted by Crippen LogP contribution is -2.34. The van der Waals surface area contributed by atoms with Crippen molar-refractivity contribution in [1.82, 2.24) is 9.55 Å². The second-order valence-electron chi connectivity index (χ2n) is 6.25. The monoisotopic (exact) mass is 386 g/mol. The van der Waals surface area contributed by atoms with Crippen molar-refractivity contribution in [2.45, 2.75) is 5.54 Å². The molecular formula is C22H15BrN2. The van der Waals surface area contributed by atoms with Crippen molar-refractivity contribution >= 4 is 15.9 Å². The molecule has 0 amide bonds. The Hall–Kier alpha value is -2.65. The average molecular weight is 387 g/mol. The van der Waals surface area contributed by atoms with Gasteiger partial charge in [0.1, 0.15) is 11.4 Å². The Morgan fingerprint density at radius 3 is 2.24 bits per heavy atom. The molecule has 1 aliphatic heterocycles. The summed E-state index contributed by atoms with van der Waals surface area (Å²) < 4.78 is 3.38. The molecule has 120 valence electrons. The fourth-order valence-electron chi connectivity index (χ4n) is 4.02. The second kappa shape index (κ2) is 5.43. The molecule has 0 saturated heterocycles. The van der Waals surface area contributed by atoms with Crippen LogP contribution in [0.5, 0.6) is 0 Å². The molecule has 0 radical (unpaired) electrons. The third-order valence-corrected chi connectivity index (χ3v) is 5.54. The molecule has 1 unspecified atom stereocenters. The Balaban J connectivity index is 1.94. The first kappa shape index (κ1) is 14.7. The van der Waals surface area contributed by atoms with Crippen LogP contribution in [-0.4, -0.2) is 9.55 Å². The zero-order chi connectivity index (χ0) is 16.9. The zero-order valence-corrected chi connectivity index (χ0v) is 15.0. The molecule has 2 heterocycles. The molecule has 3 aromatic carbocycles. The van der Waals surface area contributed by atoms with Crippen molar-refractivity contribution in [2.24, 2.45) is 0 Å². The number of hydrogen-bond acceptors (Lipinski definition) is 1. The van der Waals surface area contributed by atoms with E-state index in [9.17, 15) is 0 Å². The summed E-state index contributed by atoms with van der Waals surface area (Å²) in [5.74, 6) is 1.02. The minimum atomic E-state index is -0.398. The van der Waals surface area contributed by atoms with Crippen molar-refractivity contribution < 1.29 is 0 Å². The van der Waals surface area contributed by atoms with E-state index in [-0.39, 0.29) is 0 Å². The standard InChI is InChI=1S/C22H15BrN2/c23-18-12-10-17(11-13-18)22(16-6-2-1-3-7-16)20-9-5-4-8-19(20)21-24-14-15-25(21)22/h1-15H. The van der Waals surface area contributed by atoms with E-state index in [1.807, 2.05) is 6.20 Å². The van der Waals surface area contributed by atoms with Crippen LogP contribution in [0.25, 0.3) is 11.4 Å². The summed E-state index contributed by atoms with van der Waals surface area (Å²) in [6.45, 7) is 0. The molecule has 5 rings (SSSR count). The maximum absolute atomic E-state index is 4.66. The van der Waals surface area contributed by atoms with Crippen LogP contribution in [0.1, 0.15) is 16.7 Å². The lowest BCUT2D eigenvalue weighted by molar-refractivity contribution is 0.544. The number of benzene rings is 3. The van der Waals surface area contributed by atoms with E-state index in [2.05, 4.69) is 111 Å². The number of halogens is 1. The molecule has 0 spiro atoms. The van der Waals surface area contributed by atoms with Gasteiger partial charge < -0.3 is 4.57 Å². The minimum Gasteiger partial charge on any atom is -0.312 e. The summed E-state index contributed by atoms with van der Waals surface area (Å²) in [5.41, 5.74) is 4.53. The SMILES string of the molecule is Brc1ccc(C2(c3ccccc3)c3ccccc3-c3nccn32)cc1. The highest BCUT2D eigenvalue weighted by Crippen LogP contribution is 2.50. The molecule has 1 aliphatic rings. The fourth-order valence-corrected chi connectivity index (χ4v) is 4.29. The molecule has 3 heteroatoms. The lowest BCUT2D eigenvalue weighted by atomic mass is 9.77. The van der Waals surface area contributed by atoms with Crippen molar-refractivity contribution in [2.75, 3.05) is 0 Å². The average Bonchev–Trinajstić information content (AvgIpc) is 3.24. The number of fused-ring (bicyclic) bond motifs is 3. The van der Waals surface area contributed by atoms with Gasteiger partial charge in [0.05, 0.1) is 0 Å². The van der Waals surface area contributed by atoms with E-state index < -0.39 is 5.54 Å². The van der Waals surface area contributed by atoms with Crippen molar-refractivity contribution in [1.29, 1.82) is 0 Å². The minimum absolute atomic E-state index is 0.398. The summed E-state index contributed by atoms with van der Waals surface area (Å²) in [7, 11) is 0. The van der Waals surface area contributed by atoms with Crippen LogP contribution >= 0.6 is 15.9 Å². The third-order valence-electron chi connectivity index (χ3n) is 5.01. The maximum atomic E-state index is 4.66. The number of nitrogens with zero attached hydrogens (tertiary/aromatic N) is 2. The van der Waals surface area contributed by atoms with E-state index >= 15 is 0 Å². The smallest absolute Gasteiger partial charge is 0.141 e. The number of rotatable bonds is 2. The summed E-state index contributed by atoms with van der Waals surface area (Å²) in [6, 6.07) is 27.9. The first-order valence-corrected chi connectivity index (χ1v) is 9.06. The van der Waals surface area contributed by atoms with E-state index in [1.54, 1.807) is 0 Å². The van der Waals surface area contributed by atoms with Gasteiger partial charge in [-0.3, -0.25) is 0 Å². The van der Waals surface area contributed by atoms with Crippen LogP contribution < -0.4 is 0 Å². The number of hydrogen-bond donors (Lipinski definition) is 0. The predicted octanol–water partition coefficient (Wildman–Crippen LogP) is 5.47. The molecule has 1 atom stereocenters. The van der Waals surface area contributed by atoms with Crippen LogP contribution in [0.4, 0.5) is 0 Å². The lowest BCUT2D eigenvalue weighted by Gasteiger charge is -2.34. The molecule has 0 N–H and O–H groups in total. The van der Waals surface area contributed by atoms with Gasteiger partial charge in [0.25, 0.3) is 0 Å². The van der Waals surface area contributed by atoms with E-state index in [0.717, 1.165) is 10.3 Å². The Kier molecular flexibility index (Phi) is 3.19. The molecular weight excluding hydrogens is 372 g/mol. The molecule has 4 aromatic rings. The van der Waals surface area contributed by atoms with E-state index in [0.29, 0.717) is 0 Å². The molecule has 2 nitrogen and oxygen atoms in total. The van der Waals surface area contributed by atoms with Crippen molar-refractivity contribution in [3.05, 3.63) is 112 Å². The van der Waals surface area contributed by atoms with Gasteiger partial charge in [0.15, 0.2) is 0 Å².